The summed E-state index contributed by atoms with van der Waals surface area (Å²) in [7, 11) is 1.69. The fourth-order valence-electron chi connectivity index (χ4n) is 2.03. The maximum absolute atomic E-state index is 12.5. The second-order valence-corrected chi connectivity index (χ2v) is 5.65. The SMILES string of the molecule is CC(c1cccc(Cl)c1)N(C)C(=O)c1cc(O)ccc1Cl. The van der Waals surface area contributed by atoms with E-state index in [-0.39, 0.29) is 23.3 Å². The summed E-state index contributed by atoms with van der Waals surface area (Å²) in [5, 5.41) is 10.4. The molecule has 1 N–H and O–H groups in total. The zero-order chi connectivity index (χ0) is 15.6. The highest BCUT2D eigenvalue weighted by atomic mass is 35.5. The van der Waals surface area contributed by atoms with Crippen molar-refractivity contribution in [2.24, 2.45) is 0 Å². The minimum Gasteiger partial charge on any atom is -0.508 e. The zero-order valence-corrected chi connectivity index (χ0v) is 13.2. The Kier molecular flexibility index (Phi) is 4.76. The summed E-state index contributed by atoms with van der Waals surface area (Å²) < 4.78 is 0. The molecule has 0 aliphatic carbocycles. The van der Waals surface area contributed by atoms with Crippen molar-refractivity contribution in [1.29, 1.82) is 0 Å². The number of aromatic hydroxyl groups is 1. The number of halogens is 2. The monoisotopic (exact) mass is 323 g/mol. The Balaban J connectivity index is 2.28. The van der Waals surface area contributed by atoms with Crippen LogP contribution in [-0.2, 0) is 0 Å². The lowest BCUT2D eigenvalue weighted by Gasteiger charge is -2.26. The minimum atomic E-state index is -0.261. The van der Waals surface area contributed by atoms with Crippen LogP contribution in [0.1, 0.15) is 28.9 Å². The molecule has 0 aromatic heterocycles. The molecular weight excluding hydrogens is 309 g/mol. The van der Waals surface area contributed by atoms with Crippen LogP contribution in [0.5, 0.6) is 5.75 Å². The average molecular weight is 324 g/mol. The third-order valence-electron chi connectivity index (χ3n) is 3.41. The van der Waals surface area contributed by atoms with Crippen LogP contribution >= 0.6 is 23.2 Å². The van der Waals surface area contributed by atoms with E-state index in [1.165, 1.54) is 18.2 Å². The Bertz CT molecular complexity index is 673. The highest BCUT2D eigenvalue weighted by Gasteiger charge is 2.21. The van der Waals surface area contributed by atoms with E-state index in [9.17, 15) is 9.90 Å². The fourth-order valence-corrected chi connectivity index (χ4v) is 2.43. The quantitative estimate of drug-likeness (QED) is 0.901. The molecule has 1 amide bonds. The molecule has 0 saturated heterocycles. The van der Waals surface area contributed by atoms with Gasteiger partial charge in [0, 0.05) is 12.1 Å². The molecule has 21 heavy (non-hydrogen) atoms. The molecule has 2 aromatic rings. The minimum absolute atomic E-state index is 0.00607. The molecule has 110 valence electrons. The number of nitrogens with zero attached hydrogens (tertiary/aromatic N) is 1. The molecular formula is C16H15Cl2NO2. The van der Waals surface area contributed by atoms with Gasteiger partial charge in [-0.1, -0.05) is 35.3 Å². The highest BCUT2D eigenvalue weighted by molar-refractivity contribution is 6.33. The molecule has 0 aliphatic rings. The lowest BCUT2D eigenvalue weighted by molar-refractivity contribution is 0.0742. The number of phenolic OH excluding ortho intramolecular Hbond substituents is 1. The highest BCUT2D eigenvalue weighted by Crippen LogP contribution is 2.27. The van der Waals surface area contributed by atoms with E-state index in [0.717, 1.165) is 5.56 Å². The third kappa shape index (κ3) is 3.49. The molecule has 2 rings (SSSR count). The van der Waals surface area contributed by atoms with Gasteiger partial charge in [0.25, 0.3) is 5.91 Å². The molecule has 0 aliphatic heterocycles. The van der Waals surface area contributed by atoms with Crippen LogP contribution in [0.4, 0.5) is 0 Å². The second kappa shape index (κ2) is 6.37. The third-order valence-corrected chi connectivity index (χ3v) is 3.98. The number of carbonyl (C=O) groups excluding carboxylic acids is 1. The molecule has 0 saturated carbocycles. The molecule has 2 aromatic carbocycles. The molecule has 0 fully saturated rings. The van der Waals surface area contributed by atoms with Gasteiger partial charge in [-0.3, -0.25) is 4.79 Å². The first-order chi connectivity index (χ1) is 9.90. The number of amides is 1. The van der Waals surface area contributed by atoms with Gasteiger partial charge in [0.15, 0.2) is 0 Å². The van der Waals surface area contributed by atoms with E-state index in [4.69, 9.17) is 23.2 Å². The van der Waals surface area contributed by atoms with E-state index < -0.39 is 0 Å². The lowest BCUT2D eigenvalue weighted by Crippen LogP contribution is -2.29. The Hall–Kier alpha value is -1.71. The van der Waals surface area contributed by atoms with Gasteiger partial charge in [0.2, 0.25) is 0 Å². The van der Waals surface area contributed by atoms with Crippen LogP contribution in [0.2, 0.25) is 10.0 Å². The average Bonchev–Trinajstić information content (AvgIpc) is 2.47. The predicted molar refractivity (Wildman–Crippen MR) is 85.1 cm³/mol. The summed E-state index contributed by atoms with van der Waals surface area (Å²) in [6, 6.07) is 11.5. The van der Waals surface area contributed by atoms with E-state index >= 15 is 0 Å². The Labute approximate surface area is 133 Å². The van der Waals surface area contributed by atoms with Gasteiger partial charge in [0.05, 0.1) is 16.6 Å². The van der Waals surface area contributed by atoms with E-state index in [0.29, 0.717) is 10.0 Å². The van der Waals surface area contributed by atoms with Crippen molar-refractivity contribution in [3.8, 4) is 5.75 Å². The number of hydrogen-bond donors (Lipinski definition) is 1. The van der Waals surface area contributed by atoms with Crippen molar-refractivity contribution in [2.75, 3.05) is 7.05 Å². The van der Waals surface area contributed by atoms with Gasteiger partial charge in [-0.25, -0.2) is 0 Å². The first kappa shape index (κ1) is 15.7. The van der Waals surface area contributed by atoms with Crippen molar-refractivity contribution < 1.29 is 9.90 Å². The van der Waals surface area contributed by atoms with Crippen LogP contribution in [-0.4, -0.2) is 23.0 Å². The topological polar surface area (TPSA) is 40.5 Å². The van der Waals surface area contributed by atoms with Crippen molar-refractivity contribution in [3.05, 3.63) is 63.6 Å². The zero-order valence-electron chi connectivity index (χ0n) is 11.7. The van der Waals surface area contributed by atoms with Crippen LogP contribution in [0.3, 0.4) is 0 Å². The number of benzene rings is 2. The van der Waals surface area contributed by atoms with Gasteiger partial charge in [-0.2, -0.15) is 0 Å². The van der Waals surface area contributed by atoms with Gasteiger partial charge in [0.1, 0.15) is 5.75 Å². The standard InChI is InChI=1S/C16H15Cl2NO2/c1-10(11-4-3-5-12(17)8-11)19(2)16(21)14-9-13(20)6-7-15(14)18/h3-10,20H,1-2H3. The molecule has 5 heteroatoms. The number of phenols is 1. The van der Waals surface area contributed by atoms with Crippen LogP contribution in [0, 0.1) is 0 Å². The Morgan fingerprint density at radius 3 is 2.57 bits per heavy atom. The second-order valence-electron chi connectivity index (χ2n) is 4.81. The summed E-state index contributed by atoms with van der Waals surface area (Å²) >= 11 is 12.0. The van der Waals surface area contributed by atoms with E-state index in [1.807, 2.05) is 25.1 Å². The molecule has 0 spiro atoms. The predicted octanol–water partition coefficient (Wildman–Crippen LogP) is 4.53. The summed E-state index contributed by atoms with van der Waals surface area (Å²) in [5.74, 6) is -0.255. The number of rotatable bonds is 3. The Morgan fingerprint density at radius 1 is 1.19 bits per heavy atom. The van der Waals surface area contributed by atoms with Crippen molar-refractivity contribution in [3.63, 3.8) is 0 Å². The molecule has 0 heterocycles. The summed E-state index contributed by atoms with van der Waals surface area (Å²) in [6.07, 6.45) is 0. The smallest absolute Gasteiger partial charge is 0.255 e. The molecule has 0 radical (unpaired) electrons. The first-order valence-electron chi connectivity index (χ1n) is 6.41. The van der Waals surface area contributed by atoms with E-state index in [2.05, 4.69) is 0 Å². The van der Waals surface area contributed by atoms with Crippen LogP contribution in [0.25, 0.3) is 0 Å². The lowest BCUT2D eigenvalue weighted by atomic mass is 10.1. The van der Waals surface area contributed by atoms with Crippen LogP contribution in [0.15, 0.2) is 42.5 Å². The molecule has 0 bridgehead atoms. The van der Waals surface area contributed by atoms with Gasteiger partial charge in [-0.05, 0) is 42.8 Å². The van der Waals surface area contributed by atoms with Crippen molar-refractivity contribution >= 4 is 29.1 Å². The Morgan fingerprint density at radius 2 is 1.90 bits per heavy atom. The van der Waals surface area contributed by atoms with Crippen molar-refractivity contribution in [2.45, 2.75) is 13.0 Å². The molecule has 1 unspecified atom stereocenters. The summed E-state index contributed by atoms with van der Waals surface area (Å²) in [5.41, 5.74) is 1.20. The van der Waals surface area contributed by atoms with Crippen LogP contribution < -0.4 is 0 Å². The molecule has 1 atom stereocenters. The first-order valence-corrected chi connectivity index (χ1v) is 7.17. The maximum atomic E-state index is 12.5. The number of carbonyl (C=O) groups is 1. The van der Waals surface area contributed by atoms with Gasteiger partial charge in [-0.15, -0.1) is 0 Å². The molecule has 3 nitrogen and oxygen atoms in total. The number of hydrogen-bond acceptors (Lipinski definition) is 2. The van der Waals surface area contributed by atoms with Gasteiger partial charge >= 0.3 is 0 Å². The van der Waals surface area contributed by atoms with Crippen molar-refractivity contribution in [1.82, 2.24) is 4.90 Å². The van der Waals surface area contributed by atoms with Gasteiger partial charge < -0.3 is 10.0 Å². The normalized spacial score (nSPS) is 12.0. The summed E-state index contributed by atoms with van der Waals surface area (Å²) in [4.78, 5) is 14.1. The fraction of sp³-hybridized carbons (Fsp3) is 0.188. The maximum Gasteiger partial charge on any atom is 0.255 e. The summed E-state index contributed by atoms with van der Waals surface area (Å²) in [6.45, 7) is 1.90. The van der Waals surface area contributed by atoms with E-state index in [1.54, 1.807) is 18.0 Å². The largest absolute Gasteiger partial charge is 0.508 e.